The van der Waals surface area contributed by atoms with Crippen molar-refractivity contribution in [3.8, 4) is 11.4 Å². The van der Waals surface area contributed by atoms with E-state index in [0.29, 0.717) is 44.0 Å². The molecule has 1 saturated heterocycles. The van der Waals surface area contributed by atoms with Crippen molar-refractivity contribution in [1.29, 1.82) is 0 Å². The van der Waals surface area contributed by atoms with Crippen molar-refractivity contribution in [1.82, 2.24) is 24.8 Å². The van der Waals surface area contributed by atoms with Crippen LogP contribution < -0.4 is 0 Å². The minimum atomic E-state index is -0.188. The van der Waals surface area contributed by atoms with Crippen LogP contribution in [0, 0.1) is 5.82 Å². The molecule has 0 atom stereocenters. The van der Waals surface area contributed by atoms with Gasteiger partial charge >= 0.3 is 0 Å². The Morgan fingerprint density at radius 1 is 1.00 bits per heavy atom. The molecule has 1 amide bonds. The number of H-pyrrole nitrogens is 1. The molecule has 7 heteroatoms. The normalized spacial score (nSPS) is 14.8. The van der Waals surface area contributed by atoms with E-state index < -0.39 is 0 Å². The molecule has 6 nitrogen and oxygen atoms in total. The highest BCUT2D eigenvalue weighted by atomic mass is 19.1. The molecule has 31 heavy (non-hydrogen) atoms. The lowest BCUT2D eigenvalue weighted by molar-refractivity contribution is 0.0621. The summed E-state index contributed by atoms with van der Waals surface area (Å²) in [6.07, 6.45) is 1.66. The number of rotatable bonds is 4. The van der Waals surface area contributed by atoms with Crippen LogP contribution in [0.2, 0.25) is 0 Å². The number of hydrogen-bond acceptors (Lipinski definition) is 4. The van der Waals surface area contributed by atoms with Crippen LogP contribution in [-0.2, 0) is 6.54 Å². The SMILES string of the molecule is O=C(c1cc2nc(-c3ccccc3)[nH]c2cn1)N1CCN(Cc2ccccc2F)CC1. The third kappa shape index (κ3) is 4.04. The fourth-order valence-electron chi connectivity index (χ4n) is 3.90. The van der Waals surface area contributed by atoms with Gasteiger partial charge in [0.2, 0.25) is 0 Å². The summed E-state index contributed by atoms with van der Waals surface area (Å²) in [5, 5.41) is 0. The Kier molecular flexibility index (Phi) is 5.18. The number of piperazine rings is 1. The number of nitrogens with zero attached hydrogens (tertiary/aromatic N) is 4. The van der Waals surface area contributed by atoms with Crippen LogP contribution in [0.1, 0.15) is 16.1 Å². The highest BCUT2D eigenvalue weighted by Gasteiger charge is 2.24. The smallest absolute Gasteiger partial charge is 0.272 e. The van der Waals surface area contributed by atoms with Gasteiger partial charge in [0.25, 0.3) is 5.91 Å². The van der Waals surface area contributed by atoms with E-state index in [1.54, 1.807) is 29.3 Å². The summed E-state index contributed by atoms with van der Waals surface area (Å²) in [6.45, 7) is 3.12. The summed E-state index contributed by atoms with van der Waals surface area (Å²) in [5.41, 5.74) is 3.57. The predicted molar refractivity (Wildman–Crippen MR) is 117 cm³/mol. The van der Waals surface area contributed by atoms with Gasteiger partial charge in [-0.15, -0.1) is 0 Å². The van der Waals surface area contributed by atoms with Crippen molar-refractivity contribution in [2.24, 2.45) is 0 Å². The van der Waals surface area contributed by atoms with Gasteiger partial charge in [0.05, 0.1) is 17.2 Å². The van der Waals surface area contributed by atoms with Gasteiger partial charge in [0, 0.05) is 43.9 Å². The lowest BCUT2D eigenvalue weighted by atomic mass is 10.2. The summed E-state index contributed by atoms with van der Waals surface area (Å²) >= 11 is 0. The Morgan fingerprint density at radius 3 is 2.52 bits per heavy atom. The highest BCUT2D eigenvalue weighted by Crippen LogP contribution is 2.21. The molecule has 2 aromatic carbocycles. The Morgan fingerprint density at radius 2 is 1.74 bits per heavy atom. The van der Waals surface area contributed by atoms with Crippen LogP contribution >= 0.6 is 0 Å². The molecule has 0 bridgehead atoms. The molecule has 156 valence electrons. The molecule has 4 aromatic rings. The van der Waals surface area contributed by atoms with E-state index >= 15 is 0 Å². The number of hydrogen-bond donors (Lipinski definition) is 1. The van der Waals surface area contributed by atoms with Gasteiger partial charge in [0.15, 0.2) is 0 Å². The Balaban J connectivity index is 1.27. The maximum atomic E-state index is 13.9. The van der Waals surface area contributed by atoms with Crippen LogP contribution in [0.15, 0.2) is 66.9 Å². The molecule has 0 unspecified atom stereocenters. The number of aromatic amines is 1. The maximum absolute atomic E-state index is 13.9. The second-order valence-electron chi connectivity index (χ2n) is 7.70. The topological polar surface area (TPSA) is 65.1 Å². The number of carbonyl (C=O) groups excluding carboxylic acids is 1. The molecule has 1 aliphatic heterocycles. The van der Waals surface area contributed by atoms with Gasteiger partial charge < -0.3 is 9.88 Å². The zero-order valence-corrected chi connectivity index (χ0v) is 17.0. The third-order valence-corrected chi connectivity index (χ3v) is 5.65. The van der Waals surface area contributed by atoms with Gasteiger partial charge in [0.1, 0.15) is 17.3 Å². The molecule has 5 rings (SSSR count). The first-order chi connectivity index (χ1) is 15.2. The van der Waals surface area contributed by atoms with E-state index in [0.717, 1.165) is 22.4 Å². The van der Waals surface area contributed by atoms with Crippen molar-refractivity contribution >= 4 is 16.9 Å². The minimum absolute atomic E-state index is 0.100. The van der Waals surface area contributed by atoms with Gasteiger partial charge in [-0.25, -0.2) is 14.4 Å². The number of imidazole rings is 1. The number of pyridine rings is 1. The molecule has 0 radical (unpaired) electrons. The molecule has 0 spiro atoms. The van der Waals surface area contributed by atoms with Crippen LogP contribution in [0.25, 0.3) is 22.4 Å². The van der Waals surface area contributed by atoms with Gasteiger partial charge in [-0.3, -0.25) is 9.69 Å². The zero-order chi connectivity index (χ0) is 21.2. The average Bonchev–Trinajstić information content (AvgIpc) is 3.25. The number of aromatic nitrogens is 3. The van der Waals surface area contributed by atoms with E-state index in [2.05, 4.69) is 19.9 Å². The van der Waals surface area contributed by atoms with E-state index in [4.69, 9.17) is 0 Å². The maximum Gasteiger partial charge on any atom is 0.272 e. The monoisotopic (exact) mass is 415 g/mol. The first kappa shape index (κ1) is 19.4. The standard InChI is InChI=1S/C24H22FN5O/c25-19-9-5-4-8-18(19)16-29-10-12-30(13-11-29)24(31)21-14-20-22(15-26-21)28-23(27-20)17-6-2-1-3-7-17/h1-9,14-15H,10-13,16H2,(H,27,28). The molecule has 1 N–H and O–H groups in total. The second kappa shape index (κ2) is 8.28. The van der Waals surface area contributed by atoms with Gasteiger partial charge in [-0.1, -0.05) is 48.5 Å². The summed E-state index contributed by atoms with van der Waals surface area (Å²) < 4.78 is 13.9. The summed E-state index contributed by atoms with van der Waals surface area (Å²) in [6, 6.07) is 18.4. The van der Waals surface area contributed by atoms with E-state index in [1.165, 1.54) is 6.07 Å². The largest absolute Gasteiger partial charge is 0.337 e. The number of fused-ring (bicyclic) bond motifs is 1. The Labute approximate surface area is 179 Å². The number of carbonyl (C=O) groups is 1. The minimum Gasteiger partial charge on any atom is -0.337 e. The lowest BCUT2D eigenvalue weighted by Crippen LogP contribution is -2.48. The third-order valence-electron chi connectivity index (χ3n) is 5.65. The summed E-state index contributed by atoms with van der Waals surface area (Å²) in [5.74, 6) is 0.466. The number of benzene rings is 2. The first-order valence-corrected chi connectivity index (χ1v) is 10.3. The fraction of sp³-hybridized carbons (Fsp3) is 0.208. The number of halogens is 1. The number of amides is 1. The first-order valence-electron chi connectivity index (χ1n) is 10.3. The van der Waals surface area contributed by atoms with E-state index in [-0.39, 0.29) is 11.7 Å². The number of nitrogens with one attached hydrogen (secondary N) is 1. The van der Waals surface area contributed by atoms with Crippen LogP contribution in [-0.4, -0.2) is 56.8 Å². The summed E-state index contributed by atoms with van der Waals surface area (Å²) in [7, 11) is 0. The van der Waals surface area contributed by atoms with Crippen molar-refractivity contribution in [3.63, 3.8) is 0 Å². The highest BCUT2D eigenvalue weighted by molar-refractivity contribution is 5.95. The molecular formula is C24H22FN5O. The van der Waals surface area contributed by atoms with E-state index in [9.17, 15) is 9.18 Å². The van der Waals surface area contributed by atoms with Crippen LogP contribution in [0.3, 0.4) is 0 Å². The quantitative estimate of drug-likeness (QED) is 0.552. The molecule has 0 saturated carbocycles. The second-order valence-corrected chi connectivity index (χ2v) is 7.70. The molecule has 3 heterocycles. The van der Waals surface area contributed by atoms with Crippen molar-refractivity contribution < 1.29 is 9.18 Å². The van der Waals surface area contributed by atoms with Crippen molar-refractivity contribution in [3.05, 3.63) is 83.9 Å². The predicted octanol–water partition coefficient (Wildman–Crippen LogP) is 3.72. The average molecular weight is 415 g/mol. The Hall–Kier alpha value is -3.58. The molecular weight excluding hydrogens is 393 g/mol. The lowest BCUT2D eigenvalue weighted by Gasteiger charge is -2.34. The molecule has 1 aliphatic rings. The van der Waals surface area contributed by atoms with Gasteiger partial charge in [-0.2, -0.15) is 0 Å². The van der Waals surface area contributed by atoms with Crippen molar-refractivity contribution in [2.45, 2.75) is 6.54 Å². The molecule has 1 fully saturated rings. The van der Waals surface area contributed by atoms with Crippen LogP contribution in [0.4, 0.5) is 4.39 Å². The molecule has 2 aromatic heterocycles. The van der Waals surface area contributed by atoms with Crippen molar-refractivity contribution in [2.75, 3.05) is 26.2 Å². The zero-order valence-electron chi connectivity index (χ0n) is 17.0. The Bertz CT molecular complexity index is 1220. The fourth-order valence-corrected chi connectivity index (χ4v) is 3.90. The molecule has 0 aliphatic carbocycles. The van der Waals surface area contributed by atoms with E-state index in [1.807, 2.05) is 36.4 Å². The summed E-state index contributed by atoms with van der Waals surface area (Å²) in [4.78, 5) is 29.2. The van der Waals surface area contributed by atoms with Crippen LogP contribution in [0.5, 0.6) is 0 Å². The van der Waals surface area contributed by atoms with Gasteiger partial charge in [-0.05, 0) is 12.1 Å².